The molecule has 0 saturated carbocycles. The van der Waals surface area contributed by atoms with Crippen LogP contribution in [0.2, 0.25) is 0 Å². The molecule has 0 saturated heterocycles. The maximum atomic E-state index is 8.32. The van der Waals surface area contributed by atoms with Crippen LogP contribution in [0.4, 0.5) is 0 Å². The Hall–Kier alpha value is -1.29. The molecule has 0 spiro atoms. The predicted molar refractivity (Wildman–Crippen MR) is 66.4 cm³/mol. The molecule has 0 aliphatic rings. The summed E-state index contributed by atoms with van der Waals surface area (Å²) >= 11 is 0. The first kappa shape index (κ1) is 13.7. The largest absolute Gasteiger partial charge is 0.198 e. The Kier molecular flexibility index (Phi) is 11.6. The number of nitrogens with zero attached hydrogens (tertiary/aromatic N) is 1. The van der Waals surface area contributed by atoms with Crippen molar-refractivity contribution in [1.82, 2.24) is 0 Å². The molecular weight excluding hydrogens is 182 g/mol. The molecule has 1 nitrogen and oxygen atoms in total. The number of hydrogen-bond donors (Lipinski definition) is 0. The van der Waals surface area contributed by atoms with Gasteiger partial charge in [0.15, 0.2) is 0 Å². The Labute approximate surface area is 93.8 Å². The zero-order chi connectivity index (χ0) is 11.2. The van der Waals surface area contributed by atoms with Gasteiger partial charge in [-0.1, -0.05) is 30.4 Å². The van der Waals surface area contributed by atoms with Gasteiger partial charge in [0, 0.05) is 6.42 Å². The Morgan fingerprint density at radius 3 is 2.13 bits per heavy atom. The highest BCUT2D eigenvalue weighted by Gasteiger charge is 1.82. The number of nitriles is 1. The van der Waals surface area contributed by atoms with Crippen molar-refractivity contribution in [1.29, 1.82) is 5.26 Å². The molecule has 0 aromatic heterocycles. The van der Waals surface area contributed by atoms with Crippen LogP contribution in [0.5, 0.6) is 0 Å². The average molecular weight is 203 g/mol. The van der Waals surface area contributed by atoms with Crippen molar-refractivity contribution in [2.45, 2.75) is 44.9 Å². The van der Waals surface area contributed by atoms with Crippen LogP contribution in [0.15, 0.2) is 37.0 Å². The van der Waals surface area contributed by atoms with Crippen molar-refractivity contribution >= 4 is 0 Å². The highest BCUT2D eigenvalue weighted by atomic mass is 14.2. The Bertz CT molecular complexity index is 230. The van der Waals surface area contributed by atoms with Gasteiger partial charge < -0.3 is 0 Å². The lowest BCUT2D eigenvalue weighted by molar-refractivity contribution is 0.843. The van der Waals surface area contributed by atoms with Crippen LogP contribution in [-0.4, -0.2) is 0 Å². The van der Waals surface area contributed by atoms with Crippen molar-refractivity contribution in [3.8, 4) is 6.07 Å². The molecule has 0 aliphatic heterocycles. The van der Waals surface area contributed by atoms with E-state index in [9.17, 15) is 0 Å². The van der Waals surface area contributed by atoms with Crippen LogP contribution in [0.1, 0.15) is 44.9 Å². The number of hydrogen-bond acceptors (Lipinski definition) is 1. The monoisotopic (exact) mass is 203 g/mol. The maximum absolute atomic E-state index is 8.32. The van der Waals surface area contributed by atoms with Gasteiger partial charge in [0.2, 0.25) is 0 Å². The van der Waals surface area contributed by atoms with Crippen LogP contribution >= 0.6 is 0 Å². The summed E-state index contributed by atoms with van der Waals surface area (Å²) in [5.74, 6) is 0. The van der Waals surface area contributed by atoms with E-state index in [4.69, 9.17) is 5.26 Å². The summed E-state index contributed by atoms with van der Waals surface area (Å²) in [4.78, 5) is 0. The summed E-state index contributed by atoms with van der Waals surface area (Å²) < 4.78 is 0. The van der Waals surface area contributed by atoms with Gasteiger partial charge in [-0.2, -0.15) is 5.26 Å². The second-order valence-corrected chi connectivity index (χ2v) is 3.45. The lowest BCUT2D eigenvalue weighted by Gasteiger charge is -1.90. The fourth-order valence-corrected chi connectivity index (χ4v) is 1.20. The third-order valence-electron chi connectivity index (χ3n) is 2.04. The van der Waals surface area contributed by atoms with E-state index in [0.29, 0.717) is 6.42 Å². The van der Waals surface area contributed by atoms with Crippen molar-refractivity contribution in [3.63, 3.8) is 0 Å². The van der Waals surface area contributed by atoms with E-state index < -0.39 is 0 Å². The summed E-state index contributed by atoms with van der Waals surface area (Å²) in [5.41, 5.74) is 0. The molecule has 0 radical (unpaired) electrons. The van der Waals surface area contributed by atoms with E-state index in [-0.39, 0.29) is 0 Å². The van der Waals surface area contributed by atoms with Crippen molar-refractivity contribution < 1.29 is 0 Å². The standard InChI is InChI=1S/C14H21N/c1-2-3-4-5-6-7-8-9-10-11-12-13-14-15/h2,4-5,9-10H,1,3,6-8,11-13H2/b5-4+,10-9+. The molecule has 0 rings (SSSR count). The van der Waals surface area contributed by atoms with Gasteiger partial charge in [-0.3, -0.25) is 0 Å². The molecule has 0 aromatic rings. The quantitative estimate of drug-likeness (QED) is 0.398. The van der Waals surface area contributed by atoms with Gasteiger partial charge in [-0.15, -0.1) is 6.58 Å². The Morgan fingerprint density at radius 1 is 0.933 bits per heavy atom. The molecule has 0 fully saturated rings. The van der Waals surface area contributed by atoms with Gasteiger partial charge in [0.25, 0.3) is 0 Å². The van der Waals surface area contributed by atoms with Crippen molar-refractivity contribution in [2.75, 3.05) is 0 Å². The first-order chi connectivity index (χ1) is 7.41. The van der Waals surface area contributed by atoms with Crippen LogP contribution < -0.4 is 0 Å². The van der Waals surface area contributed by atoms with Gasteiger partial charge in [0.05, 0.1) is 6.07 Å². The molecule has 0 heterocycles. The zero-order valence-corrected chi connectivity index (χ0v) is 9.49. The van der Waals surface area contributed by atoms with Crippen LogP contribution in [0.3, 0.4) is 0 Å². The molecule has 0 amide bonds. The third kappa shape index (κ3) is 12.7. The van der Waals surface area contributed by atoms with E-state index in [2.05, 4.69) is 37.0 Å². The SMILES string of the molecule is C=CC/C=C/CCC/C=C/CCCC#N. The normalized spacial score (nSPS) is 10.9. The topological polar surface area (TPSA) is 23.8 Å². The minimum atomic E-state index is 0.675. The predicted octanol–water partition coefficient (Wildman–Crippen LogP) is 4.54. The second-order valence-electron chi connectivity index (χ2n) is 3.45. The molecule has 0 aliphatic carbocycles. The Balaban J connectivity index is 3.16. The van der Waals surface area contributed by atoms with E-state index in [0.717, 1.165) is 32.1 Å². The summed E-state index contributed by atoms with van der Waals surface area (Å²) in [5, 5.41) is 8.32. The number of allylic oxidation sites excluding steroid dienone is 5. The summed E-state index contributed by atoms with van der Waals surface area (Å²) in [7, 11) is 0. The van der Waals surface area contributed by atoms with Gasteiger partial charge in [-0.25, -0.2) is 0 Å². The van der Waals surface area contributed by atoms with Gasteiger partial charge in [-0.05, 0) is 38.5 Å². The zero-order valence-electron chi connectivity index (χ0n) is 9.49. The minimum absolute atomic E-state index is 0.675. The Morgan fingerprint density at radius 2 is 1.53 bits per heavy atom. The molecule has 82 valence electrons. The summed E-state index contributed by atoms with van der Waals surface area (Å²) in [6, 6.07) is 2.15. The molecule has 0 N–H and O–H groups in total. The van der Waals surface area contributed by atoms with Crippen LogP contribution in [0.25, 0.3) is 0 Å². The maximum Gasteiger partial charge on any atom is 0.0621 e. The van der Waals surface area contributed by atoms with Gasteiger partial charge >= 0.3 is 0 Å². The number of rotatable bonds is 9. The molecular formula is C14H21N. The average Bonchev–Trinajstić information content (AvgIpc) is 2.26. The van der Waals surface area contributed by atoms with E-state index in [1.54, 1.807) is 0 Å². The summed E-state index contributed by atoms with van der Waals surface area (Å²) in [6.45, 7) is 3.66. The van der Waals surface area contributed by atoms with E-state index >= 15 is 0 Å². The summed E-state index contributed by atoms with van der Waals surface area (Å²) in [6.07, 6.45) is 17.9. The van der Waals surface area contributed by atoms with E-state index in [1.165, 1.54) is 6.42 Å². The fraction of sp³-hybridized carbons (Fsp3) is 0.500. The van der Waals surface area contributed by atoms with E-state index in [1.807, 2.05) is 6.08 Å². The van der Waals surface area contributed by atoms with Crippen LogP contribution in [0, 0.1) is 11.3 Å². The minimum Gasteiger partial charge on any atom is -0.198 e. The molecule has 0 aromatic carbocycles. The first-order valence-corrected chi connectivity index (χ1v) is 5.69. The fourth-order valence-electron chi connectivity index (χ4n) is 1.20. The molecule has 1 heteroatoms. The lowest BCUT2D eigenvalue weighted by Crippen LogP contribution is -1.71. The smallest absolute Gasteiger partial charge is 0.0621 e. The highest BCUT2D eigenvalue weighted by molar-refractivity contribution is 4.89. The van der Waals surface area contributed by atoms with Gasteiger partial charge in [0.1, 0.15) is 0 Å². The molecule has 0 bridgehead atoms. The highest BCUT2D eigenvalue weighted by Crippen LogP contribution is 2.01. The lowest BCUT2D eigenvalue weighted by atomic mass is 10.2. The van der Waals surface area contributed by atoms with Crippen molar-refractivity contribution in [3.05, 3.63) is 37.0 Å². The molecule has 0 atom stereocenters. The van der Waals surface area contributed by atoms with Crippen LogP contribution in [-0.2, 0) is 0 Å². The van der Waals surface area contributed by atoms with Crippen molar-refractivity contribution in [2.24, 2.45) is 0 Å². The third-order valence-corrected chi connectivity index (χ3v) is 2.04. The second kappa shape index (κ2) is 12.7. The first-order valence-electron chi connectivity index (χ1n) is 5.69. The molecule has 15 heavy (non-hydrogen) atoms. The molecule has 0 unspecified atom stereocenters. The number of unbranched alkanes of at least 4 members (excludes halogenated alkanes) is 4.